The Kier molecular flexibility index (Phi) is 5.28. The summed E-state index contributed by atoms with van der Waals surface area (Å²) in [6, 6.07) is 13.9. The summed E-state index contributed by atoms with van der Waals surface area (Å²) >= 11 is 15.7. The van der Waals surface area contributed by atoms with Crippen LogP contribution in [0.15, 0.2) is 46.9 Å². The van der Waals surface area contributed by atoms with Crippen LogP contribution in [0.1, 0.15) is 24.1 Å². The van der Waals surface area contributed by atoms with Crippen molar-refractivity contribution in [1.82, 2.24) is 5.32 Å². The van der Waals surface area contributed by atoms with Crippen molar-refractivity contribution in [2.45, 2.75) is 19.5 Å². The van der Waals surface area contributed by atoms with E-state index in [-0.39, 0.29) is 6.04 Å². The molecule has 19 heavy (non-hydrogen) atoms. The molecule has 0 spiro atoms. The van der Waals surface area contributed by atoms with Gasteiger partial charge in [0, 0.05) is 27.1 Å². The van der Waals surface area contributed by atoms with Gasteiger partial charge in [0.25, 0.3) is 0 Å². The first-order valence-corrected chi connectivity index (χ1v) is 7.54. The van der Waals surface area contributed by atoms with E-state index in [0.717, 1.165) is 21.6 Å². The second-order valence-corrected chi connectivity index (χ2v) is 6.16. The zero-order valence-electron chi connectivity index (χ0n) is 10.5. The lowest BCUT2D eigenvalue weighted by molar-refractivity contribution is 0.575. The van der Waals surface area contributed by atoms with E-state index in [1.54, 1.807) is 6.07 Å². The molecule has 100 valence electrons. The average molecular weight is 359 g/mol. The van der Waals surface area contributed by atoms with E-state index in [1.165, 1.54) is 5.56 Å². The Hall–Kier alpha value is -0.540. The molecule has 4 heteroatoms. The summed E-state index contributed by atoms with van der Waals surface area (Å²) in [7, 11) is 0. The van der Waals surface area contributed by atoms with E-state index in [0.29, 0.717) is 5.02 Å². The fourth-order valence-electron chi connectivity index (χ4n) is 1.87. The molecule has 0 aromatic heterocycles. The van der Waals surface area contributed by atoms with Gasteiger partial charge in [-0.05, 0) is 48.4 Å². The third-order valence-electron chi connectivity index (χ3n) is 2.93. The van der Waals surface area contributed by atoms with Gasteiger partial charge >= 0.3 is 0 Å². The molecule has 0 heterocycles. The number of hydrogen-bond acceptors (Lipinski definition) is 1. The maximum absolute atomic E-state index is 6.19. The number of rotatable bonds is 4. The van der Waals surface area contributed by atoms with Gasteiger partial charge in [0.05, 0.1) is 0 Å². The van der Waals surface area contributed by atoms with Crippen LogP contribution in [0.2, 0.25) is 10.0 Å². The van der Waals surface area contributed by atoms with Crippen molar-refractivity contribution in [2.75, 3.05) is 0 Å². The topological polar surface area (TPSA) is 12.0 Å². The first-order valence-electron chi connectivity index (χ1n) is 5.99. The summed E-state index contributed by atoms with van der Waals surface area (Å²) in [6.07, 6.45) is 0. The van der Waals surface area contributed by atoms with Crippen LogP contribution in [-0.4, -0.2) is 0 Å². The summed E-state index contributed by atoms with van der Waals surface area (Å²) in [4.78, 5) is 0. The molecule has 2 rings (SSSR count). The van der Waals surface area contributed by atoms with E-state index in [2.05, 4.69) is 40.3 Å². The molecule has 2 aromatic rings. The van der Waals surface area contributed by atoms with Crippen LogP contribution >= 0.6 is 39.1 Å². The summed E-state index contributed by atoms with van der Waals surface area (Å²) in [5.74, 6) is 0. The second kappa shape index (κ2) is 6.76. The highest BCUT2D eigenvalue weighted by Crippen LogP contribution is 2.26. The van der Waals surface area contributed by atoms with Gasteiger partial charge < -0.3 is 5.32 Å². The van der Waals surface area contributed by atoms with Crippen molar-refractivity contribution in [3.8, 4) is 0 Å². The summed E-state index contributed by atoms with van der Waals surface area (Å²) in [5, 5.41) is 4.89. The molecular formula is C15H14BrCl2N. The normalized spacial score (nSPS) is 12.4. The monoisotopic (exact) mass is 357 g/mol. The van der Waals surface area contributed by atoms with Gasteiger partial charge in [-0.25, -0.2) is 0 Å². The highest BCUT2D eigenvalue weighted by molar-refractivity contribution is 9.10. The van der Waals surface area contributed by atoms with Gasteiger partial charge in [-0.2, -0.15) is 0 Å². The van der Waals surface area contributed by atoms with Crippen LogP contribution in [-0.2, 0) is 6.54 Å². The van der Waals surface area contributed by atoms with E-state index in [1.807, 2.05) is 24.3 Å². The minimum Gasteiger partial charge on any atom is -0.306 e. The van der Waals surface area contributed by atoms with Gasteiger partial charge in [-0.15, -0.1) is 0 Å². The molecule has 0 amide bonds. The van der Waals surface area contributed by atoms with E-state index in [9.17, 15) is 0 Å². The third-order valence-corrected chi connectivity index (χ3v) is 4.00. The molecule has 0 fully saturated rings. The molecule has 1 N–H and O–H groups in total. The van der Waals surface area contributed by atoms with Gasteiger partial charge in [-0.1, -0.05) is 51.3 Å². The Morgan fingerprint density at radius 3 is 2.68 bits per heavy atom. The van der Waals surface area contributed by atoms with Crippen LogP contribution in [0, 0.1) is 0 Å². The molecule has 0 aliphatic rings. The van der Waals surface area contributed by atoms with Crippen molar-refractivity contribution in [2.24, 2.45) is 0 Å². The predicted molar refractivity (Wildman–Crippen MR) is 85.9 cm³/mol. The number of hydrogen-bond donors (Lipinski definition) is 1. The molecule has 0 aliphatic carbocycles. The minimum atomic E-state index is 0.144. The molecular weight excluding hydrogens is 345 g/mol. The highest BCUT2D eigenvalue weighted by atomic mass is 79.9. The number of nitrogens with one attached hydrogen (secondary N) is 1. The molecule has 0 saturated heterocycles. The molecule has 0 aliphatic heterocycles. The SMILES string of the molecule is CC(NCc1cccc(Br)c1)c1cc(Cl)ccc1Cl. The first-order chi connectivity index (χ1) is 9.06. The second-order valence-electron chi connectivity index (χ2n) is 4.40. The van der Waals surface area contributed by atoms with E-state index in [4.69, 9.17) is 23.2 Å². The molecule has 1 nitrogen and oxygen atoms in total. The lowest BCUT2D eigenvalue weighted by atomic mass is 10.1. The Labute approximate surface area is 132 Å². The smallest absolute Gasteiger partial charge is 0.0454 e. The Balaban J connectivity index is 2.05. The summed E-state index contributed by atoms with van der Waals surface area (Å²) in [6.45, 7) is 2.86. The van der Waals surface area contributed by atoms with E-state index >= 15 is 0 Å². The van der Waals surface area contributed by atoms with Crippen molar-refractivity contribution >= 4 is 39.1 Å². The van der Waals surface area contributed by atoms with E-state index < -0.39 is 0 Å². The van der Waals surface area contributed by atoms with Gasteiger partial charge in [0.15, 0.2) is 0 Å². The van der Waals surface area contributed by atoms with Gasteiger partial charge in [0.1, 0.15) is 0 Å². The van der Waals surface area contributed by atoms with Crippen LogP contribution in [0.3, 0.4) is 0 Å². The molecule has 0 bridgehead atoms. The predicted octanol–water partition coefficient (Wildman–Crippen LogP) is 5.61. The largest absolute Gasteiger partial charge is 0.306 e. The Morgan fingerprint density at radius 2 is 1.95 bits per heavy atom. The molecule has 1 unspecified atom stereocenters. The van der Waals surface area contributed by atoms with Crippen LogP contribution < -0.4 is 5.32 Å². The average Bonchev–Trinajstić information content (AvgIpc) is 2.39. The number of halogens is 3. The Bertz CT molecular complexity index is 572. The fraction of sp³-hybridized carbons (Fsp3) is 0.200. The van der Waals surface area contributed by atoms with Crippen LogP contribution in [0.4, 0.5) is 0 Å². The van der Waals surface area contributed by atoms with Crippen molar-refractivity contribution in [3.05, 3.63) is 68.1 Å². The van der Waals surface area contributed by atoms with Crippen molar-refractivity contribution < 1.29 is 0 Å². The first kappa shape index (κ1) is 14.9. The molecule has 0 saturated carbocycles. The zero-order valence-corrected chi connectivity index (χ0v) is 13.6. The van der Waals surface area contributed by atoms with Gasteiger partial charge in [0.2, 0.25) is 0 Å². The third kappa shape index (κ3) is 4.22. The van der Waals surface area contributed by atoms with Crippen LogP contribution in [0.5, 0.6) is 0 Å². The molecule has 0 radical (unpaired) electrons. The van der Waals surface area contributed by atoms with Gasteiger partial charge in [-0.3, -0.25) is 0 Å². The summed E-state index contributed by atoms with van der Waals surface area (Å²) in [5.41, 5.74) is 2.24. The highest BCUT2D eigenvalue weighted by Gasteiger charge is 2.09. The minimum absolute atomic E-state index is 0.144. The fourth-order valence-corrected chi connectivity index (χ4v) is 2.78. The zero-order chi connectivity index (χ0) is 13.8. The van der Waals surface area contributed by atoms with Crippen molar-refractivity contribution in [1.29, 1.82) is 0 Å². The molecule has 2 aromatic carbocycles. The molecule has 1 atom stereocenters. The summed E-state index contributed by atoms with van der Waals surface area (Å²) < 4.78 is 1.08. The maximum atomic E-state index is 6.19. The quantitative estimate of drug-likeness (QED) is 0.749. The Morgan fingerprint density at radius 1 is 1.16 bits per heavy atom. The number of benzene rings is 2. The lowest BCUT2D eigenvalue weighted by Gasteiger charge is -2.16. The van der Waals surface area contributed by atoms with Crippen molar-refractivity contribution in [3.63, 3.8) is 0 Å². The maximum Gasteiger partial charge on any atom is 0.0454 e. The lowest BCUT2D eigenvalue weighted by Crippen LogP contribution is -2.18. The standard InChI is InChI=1S/C15H14BrCl2N/c1-10(14-8-13(17)5-6-15(14)18)19-9-11-3-2-4-12(16)7-11/h2-8,10,19H,9H2,1H3. The van der Waals surface area contributed by atoms with Crippen LogP contribution in [0.25, 0.3) is 0 Å².